The predicted octanol–water partition coefficient (Wildman–Crippen LogP) is 0.677. The van der Waals surface area contributed by atoms with E-state index in [0.29, 0.717) is 36.9 Å². The van der Waals surface area contributed by atoms with Gasteiger partial charge in [-0.2, -0.15) is 0 Å². The number of carbonyl (C=O) groups excluding carboxylic acids is 6. The van der Waals surface area contributed by atoms with Gasteiger partial charge in [-0.25, -0.2) is 4.79 Å². The Hall–Kier alpha value is -4.26. The Balaban J connectivity index is 1.92. The van der Waals surface area contributed by atoms with E-state index in [1.165, 1.54) is 12.2 Å². The standard InChI is InChI=1S/C28H40N6O7/c1-18(2)25(33-22(36)8-4-3-5-16-34-23(37)13-14-24(34)38)27(40)32-21(7-6-15-30-28(29)41)26(39)31-20-11-9-19(17-35)10-12-20/h9-14,18,21,25,35H,3-8,15-17H2,1-2H3,(H,31,39)(H,32,40)(H,33,36)(H3,29,30,41)/t21?,25-/m0/s1. The third-order valence-corrected chi connectivity index (χ3v) is 6.46. The third kappa shape index (κ3) is 11.4. The number of unbranched alkanes of at least 4 members (excludes halogenated alkanes) is 2. The van der Waals surface area contributed by atoms with Crippen molar-refractivity contribution in [1.29, 1.82) is 0 Å². The van der Waals surface area contributed by atoms with E-state index in [9.17, 15) is 33.9 Å². The van der Waals surface area contributed by atoms with Gasteiger partial charge in [0.15, 0.2) is 0 Å². The number of carbonyl (C=O) groups is 6. The molecule has 0 radical (unpaired) electrons. The number of aliphatic hydroxyl groups excluding tert-OH is 1. The Morgan fingerprint density at radius 2 is 1.56 bits per heavy atom. The van der Waals surface area contributed by atoms with Crippen molar-refractivity contribution in [2.45, 2.75) is 71.1 Å². The number of primary amides is 1. The van der Waals surface area contributed by atoms with E-state index in [0.717, 1.165) is 4.90 Å². The summed E-state index contributed by atoms with van der Waals surface area (Å²) in [4.78, 5) is 74.2. The number of hydrogen-bond donors (Lipinski definition) is 6. The van der Waals surface area contributed by atoms with Crippen molar-refractivity contribution >= 4 is 41.3 Å². The maximum absolute atomic E-state index is 13.2. The normalized spacial score (nSPS) is 14.1. The van der Waals surface area contributed by atoms with Crippen molar-refractivity contribution in [3.8, 4) is 0 Å². The molecule has 2 rings (SSSR count). The van der Waals surface area contributed by atoms with E-state index >= 15 is 0 Å². The number of aliphatic hydroxyl groups is 1. The van der Waals surface area contributed by atoms with Crippen LogP contribution in [0.25, 0.3) is 0 Å². The topological polar surface area (TPSA) is 200 Å². The largest absolute Gasteiger partial charge is 0.392 e. The van der Waals surface area contributed by atoms with Gasteiger partial charge < -0.3 is 32.1 Å². The Kier molecular flexibility index (Phi) is 13.5. The minimum absolute atomic E-state index is 0.138. The van der Waals surface area contributed by atoms with Crippen LogP contribution < -0.4 is 27.0 Å². The summed E-state index contributed by atoms with van der Waals surface area (Å²) in [5.74, 6) is -2.28. The smallest absolute Gasteiger partial charge is 0.312 e. The summed E-state index contributed by atoms with van der Waals surface area (Å²) in [7, 11) is 0. The molecule has 0 saturated carbocycles. The second-order valence-corrected chi connectivity index (χ2v) is 10.1. The molecular weight excluding hydrogens is 532 g/mol. The predicted molar refractivity (Wildman–Crippen MR) is 151 cm³/mol. The van der Waals surface area contributed by atoms with Crippen molar-refractivity contribution in [3.63, 3.8) is 0 Å². The van der Waals surface area contributed by atoms with Gasteiger partial charge in [0.1, 0.15) is 12.1 Å². The molecule has 41 heavy (non-hydrogen) atoms. The molecule has 7 N–H and O–H groups in total. The zero-order valence-corrected chi connectivity index (χ0v) is 23.5. The second kappa shape index (κ2) is 16.8. The fourth-order valence-corrected chi connectivity index (χ4v) is 4.14. The zero-order valence-electron chi connectivity index (χ0n) is 23.5. The van der Waals surface area contributed by atoms with Crippen LogP contribution >= 0.6 is 0 Å². The van der Waals surface area contributed by atoms with Gasteiger partial charge >= 0.3 is 6.03 Å². The van der Waals surface area contributed by atoms with Crippen molar-refractivity contribution in [2.24, 2.45) is 11.7 Å². The lowest BCUT2D eigenvalue weighted by Crippen LogP contribution is -2.54. The molecule has 1 aliphatic rings. The molecule has 2 atom stereocenters. The van der Waals surface area contributed by atoms with E-state index in [1.54, 1.807) is 38.1 Å². The van der Waals surface area contributed by atoms with Gasteiger partial charge in [0.2, 0.25) is 17.7 Å². The molecular formula is C28H40N6O7. The van der Waals surface area contributed by atoms with Crippen LogP contribution in [0, 0.1) is 5.92 Å². The van der Waals surface area contributed by atoms with E-state index in [-0.39, 0.29) is 56.2 Å². The number of rotatable bonds is 17. The highest BCUT2D eigenvalue weighted by Gasteiger charge is 2.29. The highest BCUT2D eigenvalue weighted by atomic mass is 16.3. The number of nitrogens with one attached hydrogen (secondary N) is 4. The molecule has 1 heterocycles. The van der Waals surface area contributed by atoms with E-state index in [4.69, 9.17) is 5.73 Å². The van der Waals surface area contributed by atoms with Crippen LogP contribution in [0.3, 0.4) is 0 Å². The first kappa shape index (κ1) is 32.9. The quantitative estimate of drug-likeness (QED) is 0.116. The monoisotopic (exact) mass is 572 g/mol. The SMILES string of the molecule is CC(C)[C@H](NC(=O)CCCCCN1C(=O)C=CC1=O)C(=O)NC(CCCNC(N)=O)C(=O)Nc1ccc(CO)cc1. The minimum Gasteiger partial charge on any atom is -0.392 e. The maximum atomic E-state index is 13.2. The highest BCUT2D eigenvalue weighted by molar-refractivity contribution is 6.12. The van der Waals surface area contributed by atoms with Crippen molar-refractivity contribution in [2.75, 3.05) is 18.4 Å². The number of anilines is 1. The van der Waals surface area contributed by atoms with Gasteiger partial charge in [-0.15, -0.1) is 0 Å². The average Bonchev–Trinajstić information content (AvgIpc) is 3.25. The molecule has 13 nitrogen and oxygen atoms in total. The fraction of sp³-hybridized carbons (Fsp3) is 0.500. The van der Waals surface area contributed by atoms with E-state index < -0.39 is 29.9 Å². The van der Waals surface area contributed by atoms with E-state index in [1.807, 2.05) is 0 Å². The molecule has 0 spiro atoms. The van der Waals surface area contributed by atoms with Gasteiger partial charge in [-0.05, 0) is 49.3 Å². The molecule has 1 aromatic rings. The fourth-order valence-electron chi connectivity index (χ4n) is 4.14. The average molecular weight is 573 g/mol. The Morgan fingerprint density at radius 1 is 0.902 bits per heavy atom. The lowest BCUT2D eigenvalue weighted by Gasteiger charge is -2.25. The van der Waals surface area contributed by atoms with Crippen molar-refractivity contribution < 1.29 is 33.9 Å². The summed E-state index contributed by atoms with van der Waals surface area (Å²) in [6.45, 7) is 3.91. The number of hydrogen-bond acceptors (Lipinski definition) is 7. The molecule has 1 unspecified atom stereocenters. The van der Waals surface area contributed by atoms with Crippen LogP contribution in [0.1, 0.15) is 57.9 Å². The molecule has 0 saturated heterocycles. The first-order valence-corrected chi connectivity index (χ1v) is 13.7. The summed E-state index contributed by atoms with van der Waals surface area (Å²) >= 11 is 0. The number of urea groups is 1. The molecule has 1 aliphatic heterocycles. The molecule has 0 fully saturated rings. The number of amides is 7. The Bertz CT molecular complexity index is 1100. The molecule has 0 bridgehead atoms. The first-order chi connectivity index (χ1) is 19.5. The van der Waals surface area contributed by atoms with Crippen molar-refractivity contribution in [1.82, 2.24) is 20.9 Å². The lowest BCUT2D eigenvalue weighted by molar-refractivity contribution is -0.137. The van der Waals surface area contributed by atoms with Gasteiger partial charge in [0, 0.05) is 37.3 Å². The van der Waals surface area contributed by atoms with Crippen LogP contribution in [-0.4, -0.2) is 70.7 Å². The number of benzene rings is 1. The summed E-state index contributed by atoms with van der Waals surface area (Å²) < 4.78 is 0. The molecule has 1 aromatic carbocycles. The van der Waals surface area contributed by atoms with Gasteiger partial charge in [0.25, 0.3) is 11.8 Å². The molecule has 13 heteroatoms. The lowest BCUT2D eigenvalue weighted by atomic mass is 10.0. The molecule has 0 aliphatic carbocycles. The number of nitrogens with two attached hydrogens (primary N) is 1. The van der Waals surface area contributed by atoms with Crippen LogP contribution in [0.5, 0.6) is 0 Å². The summed E-state index contributed by atoms with van der Waals surface area (Å²) in [6, 6.07) is 4.03. The van der Waals surface area contributed by atoms with Gasteiger partial charge in [-0.3, -0.25) is 28.9 Å². The number of imide groups is 1. The molecule has 7 amide bonds. The molecule has 224 valence electrons. The van der Waals surface area contributed by atoms with Crippen LogP contribution in [-0.2, 0) is 30.6 Å². The Morgan fingerprint density at radius 3 is 2.15 bits per heavy atom. The molecule has 0 aromatic heterocycles. The zero-order chi connectivity index (χ0) is 30.4. The third-order valence-electron chi connectivity index (χ3n) is 6.46. The van der Waals surface area contributed by atoms with Crippen LogP contribution in [0.15, 0.2) is 36.4 Å². The Labute approximate surface area is 239 Å². The first-order valence-electron chi connectivity index (χ1n) is 13.7. The van der Waals surface area contributed by atoms with Crippen LogP contribution in [0.2, 0.25) is 0 Å². The summed E-state index contributed by atoms with van der Waals surface area (Å²) in [5, 5.41) is 19.9. The van der Waals surface area contributed by atoms with E-state index in [2.05, 4.69) is 21.3 Å². The van der Waals surface area contributed by atoms with Gasteiger partial charge in [0.05, 0.1) is 6.61 Å². The minimum atomic E-state index is -0.960. The van der Waals surface area contributed by atoms with Crippen LogP contribution in [0.4, 0.5) is 10.5 Å². The summed E-state index contributed by atoms with van der Waals surface area (Å²) in [5.41, 5.74) is 6.25. The summed E-state index contributed by atoms with van der Waals surface area (Å²) in [6.07, 6.45) is 4.85. The maximum Gasteiger partial charge on any atom is 0.312 e. The highest BCUT2D eigenvalue weighted by Crippen LogP contribution is 2.12. The van der Waals surface area contributed by atoms with Crippen molar-refractivity contribution in [3.05, 3.63) is 42.0 Å². The van der Waals surface area contributed by atoms with Gasteiger partial charge in [-0.1, -0.05) is 32.4 Å². The number of nitrogens with zero attached hydrogens (tertiary/aromatic N) is 1. The second-order valence-electron chi connectivity index (χ2n) is 10.1.